The van der Waals surface area contributed by atoms with E-state index < -0.39 is 0 Å². The first-order valence-corrected chi connectivity index (χ1v) is 8.65. The molecule has 0 saturated carbocycles. The van der Waals surface area contributed by atoms with E-state index in [2.05, 4.69) is 21.3 Å². The van der Waals surface area contributed by atoms with Gasteiger partial charge < -0.3 is 10.2 Å². The molecule has 4 heteroatoms. The van der Waals surface area contributed by atoms with E-state index in [-0.39, 0.29) is 5.91 Å². The summed E-state index contributed by atoms with van der Waals surface area (Å²) in [4.78, 5) is 19.2. The number of piperidine rings is 1. The summed E-state index contributed by atoms with van der Waals surface area (Å²) < 4.78 is 0. The van der Waals surface area contributed by atoms with Crippen LogP contribution in [0.2, 0.25) is 0 Å². The van der Waals surface area contributed by atoms with Gasteiger partial charge in [0.05, 0.1) is 0 Å². The zero-order chi connectivity index (χ0) is 16.9. The molecule has 1 aromatic carbocycles. The Hall–Kier alpha value is -2.36. The van der Waals surface area contributed by atoms with Crippen LogP contribution in [-0.4, -0.2) is 30.5 Å². The van der Waals surface area contributed by atoms with E-state index in [9.17, 15) is 4.79 Å². The third kappa shape index (κ3) is 3.94. The molecule has 2 heterocycles. The van der Waals surface area contributed by atoms with Crippen molar-refractivity contribution in [3.8, 4) is 0 Å². The molecule has 1 fully saturated rings. The first kappa shape index (κ1) is 16.5. The van der Waals surface area contributed by atoms with Crippen molar-refractivity contribution in [3.63, 3.8) is 0 Å². The number of hydrogen-bond acceptors (Lipinski definition) is 3. The number of hydrogen-bond donors (Lipinski definition) is 1. The smallest absolute Gasteiger partial charge is 0.251 e. The van der Waals surface area contributed by atoms with E-state index in [1.807, 2.05) is 50.4 Å². The van der Waals surface area contributed by atoms with Crippen molar-refractivity contribution in [1.82, 2.24) is 10.3 Å². The van der Waals surface area contributed by atoms with E-state index >= 15 is 0 Å². The molecule has 1 amide bonds. The van der Waals surface area contributed by atoms with Crippen LogP contribution in [0.4, 0.5) is 5.82 Å². The van der Waals surface area contributed by atoms with Gasteiger partial charge >= 0.3 is 0 Å². The van der Waals surface area contributed by atoms with Crippen molar-refractivity contribution >= 4 is 11.7 Å². The first-order chi connectivity index (χ1) is 11.6. The van der Waals surface area contributed by atoms with E-state index in [1.54, 1.807) is 0 Å². The Morgan fingerprint density at radius 3 is 2.71 bits per heavy atom. The van der Waals surface area contributed by atoms with Crippen molar-refractivity contribution in [1.29, 1.82) is 0 Å². The van der Waals surface area contributed by atoms with Gasteiger partial charge in [0, 0.05) is 31.4 Å². The maximum Gasteiger partial charge on any atom is 0.251 e. The molecule has 2 aromatic rings. The number of aryl methyl sites for hydroxylation is 2. The zero-order valence-electron chi connectivity index (χ0n) is 14.5. The second-order valence-electron chi connectivity index (χ2n) is 6.65. The average molecular weight is 323 g/mol. The fourth-order valence-electron chi connectivity index (χ4n) is 3.22. The van der Waals surface area contributed by atoms with Crippen molar-refractivity contribution in [2.75, 3.05) is 24.5 Å². The molecule has 24 heavy (non-hydrogen) atoms. The lowest BCUT2D eigenvalue weighted by molar-refractivity contribution is 0.0944. The number of nitrogens with one attached hydrogen (secondary N) is 1. The molecule has 0 atom stereocenters. The molecule has 4 nitrogen and oxygen atoms in total. The second-order valence-corrected chi connectivity index (χ2v) is 6.65. The molecule has 1 aliphatic rings. The van der Waals surface area contributed by atoms with Crippen molar-refractivity contribution in [2.45, 2.75) is 26.7 Å². The maximum atomic E-state index is 12.4. The topological polar surface area (TPSA) is 45.2 Å². The molecular formula is C20H25N3O. The number of pyridine rings is 1. The van der Waals surface area contributed by atoms with Crippen molar-refractivity contribution in [3.05, 3.63) is 59.3 Å². The SMILES string of the molecule is Cc1ccc(C)c(C(=O)NCC2CCN(c3ccccn3)CC2)c1. The van der Waals surface area contributed by atoms with E-state index in [0.29, 0.717) is 5.92 Å². The molecule has 0 aliphatic carbocycles. The summed E-state index contributed by atoms with van der Waals surface area (Å²) in [6.45, 7) is 6.76. The summed E-state index contributed by atoms with van der Waals surface area (Å²) in [5.41, 5.74) is 2.94. The molecule has 0 spiro atoms. The molecule has 0 radical (unpaired) electrons. The normalized spacial score (nSPS) is 15.3. The lowest BCUT2D eigenvalue weighted by Crippen LogP contribution is -2.39. The average Bonchev–Trinajstić information content (AvgIpc) is 2.63. The van der Waals surface area contributed by atoms with Crippen LogP contribution in [0.25, 0.3) is 0 Å². The third-order valence-electron chi connectivity index (χ3n) is 4.78. The summed E-state index contributed by atoms with van der Waals surface area (Å²) in [6, 6.07) is 12.0. The number of amides is 1. The maximum absolute atomic E-state index is 12.4. The summed E-state index contributed by atoms with van der Waals surface area (Å²) in [7, 11) is 0. The van der Waals surface area contributed by atoms with Gasteiger partial charge in [0.25, 0.3) is 5.91 Å². The quantitative estimate of drug-likeness (QED) is 0.938. The second kappa shape index (κ2) is 7.47. The largest absolute Gasteiger partial charge is 0.357 e. The molecule has 0 unspecified atom stereocenters. The molecule has 1 saturated heterocycles. The number of nitrogens with zero attached hydrogens (tertiary/aromatic N) is 2. The van der Waals surface area contributed by atoms with Crippen LogP contribution in [0, 0.1) is 19.8 Å². The lowest BCUT2D eigenvalue weighted by atomic mass is 9.96. The van der Waals surface area contributed by atoms with Gasteiger partial charge in [0.1, 0.15) is 5.82 Å². The van der Waals surface area contributed by atoms with E-state index in [4.69, 9.17) is 0 Å². The number of benzene rings is 1. The van der Waals surface area contributed by atoms with Crippen molar-refractivity contribution < 1.29 is 4.79 Å². The van der Waals surface area contributed by atoms with Gasteiger partial charge in [-0.25, -0.2) is 4.98 Å². The lowest BCUT2D eigenvalue weighted by Gasteiger charge is -2.32. The van der Waals surface area contributed by atoms with Gasteiger partial charge in [-0.05, 0) is 56.4 Å². The Balaban J connectivity index is 1.50. The zero-order valence-corrected chi connectivity index (χ0v) is 14.5. The van der Waals surface area contributed by atoms with Gasteiger partial charge in [-0.1, -0.05) is 23.8 Å². The Morgan fingerprint density at radius 2 is 2.00 bits per heavy atom. The standard InChI is InChI=1S/C20H25N3O/c1-15-6-7-16(2)18(13-15)20(24)22-14-17-8-11-23(12-9-17)19-5-3-4-10-21-19/h3-7,10,13,17H,8-9,11-12,14H2,1-2H3,(H,22,24). The number of rotatable bonds is 4. The highest BCUT2D eigenvalue weighted by atomic mass is 16.1. The Kier molecular flexibility index (Phi) is 5.14. The summed E-state index contributed by atoms with van der Waals surface area (Å²) in [5, 5.41) is 3.12. The van der Waals surface area contributed by atoms with E-state index in [1.165, 1.54) is 0 Å². The fraction of sp³-hybridized carbons (Fsp3) is 0.400. The molecule has 1 N–H and O–H groups in total. The molecule has 0 bridgehead atoms. The third-order valence-corrected chi connectivity index (χ3v) is 4.78. The Morgan fingerprint density at radius 1 is 1.21 bits per heavy atom. The number of anilines is 1. The fourth-order valence-corrected chi connectivity index (χ4v) is 3.22. The Bertz CT molecular complexity index is 691. The number of carbonyl (C=O) groups is 1. The minimum absolute atomic E-state index is 0.0448. The van der Waals surface area contributed by atoms with Gasteiger partial charge in [0.2, 0.25) is 0 Å². The molecule has 3 rings (SSSR count). The predicted octanol–water partition coefficient (Wildman–Crippen LogP) is 3.34. The van der Waals surface area contributed by atoms with E-state index in [0.717, 1.165) is 55.0 Å². The summed E-state index contributed by atoms with van der Waals surface area (Å²) >= 11 is 0. The van der Waals surface area contributed by atoms with Crippen LogP contribution >= 0.6 is 0 Å². The monoisotopic (exact) mass is 323 g/mol. The highest BCUT2D eigenvalue weighted by Gasteiger charge is 2.21. The van der Waals surface area contributed by atoms with Crippen LogP contribution in [0.1, 0.15) is 34.3 Å². The van der Waals surface area contributed by atoms with Crippen LogP contribution in [0.3, 0.4) is 0 Å². The molecular weight excluding hydrogens is 298 g/mol. The van der Waals surface area contributed by atoms with Gasteiger partial charge in [-0.15, -0.1) is 0 Å². The number of carbonyl (C=O) groups excluding carboxylic acids is 1. The van der Waals surface area contributed by atoms with Crippen LogP contribution in [0.5, 0.6) is 0 Å². The summed E-state index contributed by atoms with van der Waals surface area (Å²) in [6.07, 6.45) is 4.01. The van der Waals surface area contributed by atoms with Gasteiger partial charge in [-0.3, -0.25) is 4.79 Å². The molecule has 1 aliphatic heterocycles. The molecule has 1 aromatic heterocycles. The van der Waals surface area contributed by atoms with Crippen LogP contribution < -0.4 is 10.2 Å². The first-order valence-electron chi connectivity index (χ1n) is 8.65. The summed E-state index contributed by atoms with van der Waals surface area (Å²) in [5.74, 6) is 1.64. The molecule has 126 valence electrons. The highest BCUT2D eigenvalue weighted by Crippen LogP contribution is 2.21. The van der Waals surface area contributed by atoms with Gasteiger partial charge in [-0.2, -0.15) is 0 Å². The Labute approximate surface area is 143 Å². The minimum Gasteiger partial charge on any atom is -0.357 e. The highest BCUT2D eigenvalue weighted by molar-refractivity contribution is 5.95. The van der Waals surface area contributed by atoms with Crippen LogP contribution in [0.15, 0.2) is 42.6 Å². The van der Waals surface area contributed by atoms with Crippen molar-refractivity contribution in [2.24, 2.45) is 5.92 Å². The van der Waals surface area contributed by atoms with Crippen LogP contribution in [-0.2, 0) is 0 Å². The predicted molar refractivity (Wildman–Crippen MR) is 97.4 cm³/mol. The number of aromatic nitrogens is 1. The minimum atomic E-state index is 0.0448. The van der Waals surface area contributed by atoms with Gasteiger partial charge in [0.15, 0.2) is 0 Å².